The molecular formula is C39H44F2N6O4. The first-order chi connectivity index (χ1) is 24.8. The van der Waals surface area contributed by atoms with Crippen molar-refractivity contribution in [3.05, 3.63) is 107 Å². The molecule has 0 atom stereocenters. The minimum atomic E-state index is -0.673. The van der Waals surface area contributed by atoms with Crippen LogP contribution in [0.1, 0.15) is 47.2 Å². The average molecular weight is 699 g/mol. The van der Waals surface area contributed by atoms with Crippen molar-refractivity contribution in [2.24, 2.45) is 0 Å². The molecule has 0 unspecified atom stereocenters. The fraction of sp³-hybridized carbons (Fsp3) is 0.282. The van der Waals surface area contributed by atoms with E-state index in [4.69, 9.17) is 14.2 Å². The first kappa shape index (κ1) is 38.2. The molecule has 0 spiro atoms. The molecule has 0 fully saturated rings. The monoisotopic (exact) mass is 698 g/mol. The average Bonchev–Trinajstić information content (AvgIpc) is 3.16. The zero-order valence-corrected chi connectivity index (χ0v) is 30.3. The van der Waals surface area contributed by atoms with Gasteiger partial charge in [0.05, 0.1) is 30.5 Å². The van der Waals surface area contributed by atoms with E-state index in [-0.39, 0.29) is 23.0 Å². The molecule has 10 nitrogen and oxygen atoms in total. The Hall–Kier alpha value is -5.62. The lowest BCUT2D eigenvalue weighted by molar-refractivity contribution is 0.290. The third-order valence-electron chi connectivity index (χ3n) is 7.88. The minimum absolute atomic E-state index is 0.0732. The summed E-state index contributed by atoms with van der Waals surface area (Å²) in [7, 11) is 3.03. The van der Waals surface area contributed by atoms with Crippen molar-refractivity contribution in [2.45, 2.75) is 48.1 Å². The van der Waals surface area contributed by atoms with Gasteiger partial charge in [0.15, 0.2) is 23.1 Å². The number of methoxy groups -OCH3 is 2. The summed E-state index contributed by atoms with van der Waals surface area (Å²) in [6, 6.07) is 17.1. The van der Waals surface area contributed by atoms with Gasteiger partial charge in [-0.25, -0.2) is 23.7 Å². The standard InChI is InChI=1S/C35H32F2N6O4.2C2H6/c1-5-42(6-2)19-25-15-21-13-14-38-33(32(21)35(44)43(25)24-10-7-22(36)8-11-24)41-23-9-12-29(27(37)16-23)47-34-26-17-30(45-3)31(46-4)18-28(26)39-20-40-34;2*1-2/h7-18,20H,5-6,19H2,1-4H3,(H,38,41);2*1-2H3. The molecule has 0 amide bonds. The molecule has 6 aromatic rings. The van der Waals surface area contributed by atoms with Crippen molar-refractivity contribution in [2.75, 3.05) is 32.6 Å². The highest BCUT2D eigenvalue weighted by atomic mass is 19.1. The summed E-state index contributed by atoms with van der Waals surface area (Å²) in [5, 5.41) is 4.57. The zero-order valence-electron chi connectivity index (χ0n) is 30.3. The summed E-state index contributed by atoms with van der Waals surface area (Å²) in [6.07, 6.45) is 2.90. The SMILES string of the molecule is CC.CC.CCN(CC)Cc1cc2ccnc(Nc3ccc(Oc4ncnc5cc(OC)c(OC)cc45)c(F)c3)c2c(=O)n1-c1ccc(F)cc1. The smallest absolute Gasteiger partial charge is 0.266 e. The largest absolute Gasteiger partial charge is 0.493 e. The highest BCUT2D eigenvalue weighted by Crippen LogP contribution is 2.37. The zero-order chi connectivity index (χ0) is 37.1. The van der Waals surface area contributed by atoms with Crippen molar-refractivity contribution in [1.29, 1.82) is 0 Å². The number of rotatable bonds is 11. The van der Waals surface area contributed by atoms with Gasteiger partial charge >= 0.3 is 0 Å². The lowest BCUT2D eigenvalue weighted by Crippen LogP contribution is -2.29. The highest BCUT2D eigenvalue weighted by molar-refractivity contribution is 5.93. The van der Waals surface area contributed by atoms with Gasteiger partial charge in [0.1, 0.15) is 18.0 Å². The van der Waals surface area contributed by atoms with E-state index >= 15 is 4.39 Å². The summed E-state index contributed by atoms with van der Waals surface area (Å²) in [4.78, 5) is 29.2. The van der Waals surface area contributed by atoms with Crippen molar-refractivity contribution in [3.63, 3.8) is 0 Å². The topological polar surface area (TPSA) is 104 Å². The highest BCUT2D eigenvalue weighted by Gasteiger charge is 2.18. The maximum atomic E-state index is 15.5. The van der Waals surface area contributed by atoms with Crippen LogP contribution in [0.4, 0.5) is 20.3 Å². The summed E-state index contributed by atoms with van der Waals surface area (Å²) in [6.45, 7) is 14.2. The third-order valence-corrected chi connectivity index (χ3v) is 7.88. The minimum Gasteiger partial charge on any atom is -0.493 e. The van der Waals surface area contributed by atoms with Gasteiger partial charge in [0.2, 0.25) is 5.88 Å². The fourth-order valence-electron chi connectivity index (χ4n) is 5.41. The first-order valence-electron chi connectivity index (χ1n) is 17.0. The van der Waals surface area contributed by atoms with Gasteiger partial charge in [-0.2, -0.15) is 0 Å². The Kier molecular flexibility index (Phi) is 13.4. The van der Waals surface area contributed by atoms with E-state index < -0.39 is 11.6 Å². The van der Waals surface area contributed by atoms with E-state index in [1.54, 1.807) is 47.2 Å². The Bertz CT molecular complexity index is 2140. The summed E-state index contributed by atoms with van der Waals surface area (Å²) in [5.41, 5.74) is 1.80. The number of hydrogen-bond donors (Lipinski definition) is 1. The van der Waals surface area contributed by atoms with Crippen molar-refractivity contribution < 1.29 is 23.0 Å². The number of ether oxygens (including phenoxy) is 3. The lowest BCUT2D eigenvalue weighted by Gasteiger charge is -2.22. The van der Waals surface area contributed by atoms with Crippen LogP contribution in [0, 0.1) is 11.6 Å². The normalized spacial score (nSPS) is 10.6. The van der Waals surface area contributed by atoms with Gasteiger partial charge in [-0.1, -0.05) is 41.5 Å². The Balaban J connectivity index is 0.00000141. The van der Waals surface area contributed by atoms with Crippen LogP contribution in [0.25, 0.3) is 27.4 Å². The van der Waals surface area contributed by atoms with E-state index in [1.165, 1.54) is 44.8 Å². The quantitative estimate of drug-likeness (QED) is 0.142. The van der Waals surface area contributed by atoms with Gasteiger partial charge in [-0.3, -0.25) is 14.3 Å². The van der Waals surface area contributed by atoms with Crippen molar-refractivity contribution in [1.82, 2.24) is 24.4 Å². The van der Waals surface area contributed by atoms with Gasteiger partial charge in [0, 0.05) is 41.9 Å². The fourth-order valence-corrected chi connectivity index (χ4v) is 5.41. The number of fused-ring (bicyclic) bond motifs is 2. The van der Waals surface area contributed by atoms with Crippen LogP contribution in [0.5, 0.6) is 23.1 Å². The first-order valence-corrected chi connectivity index (χ1v) is 17.0. The molecule has 6 rings (SSSR count). The number of nitrogens with zero attached hydrogens (tertiary/aromatic N) is 5. The lowest BCUT2D eigenvalue weighted by atomic mass is 10.1. The number of pyridine rings is 2. The molecule has 3 heterocycles. The summed E-state index contributed by atoms with van der Waals surface area (Å²) >= 11 is 0. The second-order valence-corrected chi connectivity index (χ2v) is 10.6. The van der Waals surface area contributed by atoms with E-state index in [0.717, 1.165) is 18.8 Å². The van der Waals surface area contributed by atoms with Crippen LogP contribution in [-0.4, -0.2) is 51.7 Å². The van der Waals surface area contributed by atoms with Crippen LogP contribution in [0.3, 0.4) is 0 Å². The molecule has 0 saturated carbocycles. The number of nitrogens with one attached hydrogen (secondary N) is 1. The third kappa shape index (κ3) is 8.41. The molecule has 12 heteroatoms. The number of halogens is 2. The van der Waals surface area contributed by atoms with E-state index in [9.17, 15) is 9.18 Å². The molecule has 0 aliphatic rings. The van der Waals surface area contributed by atoms with E-state index in [1.807, 2.05) is 33.8 Å². The number of anilines is 2. The maximum Gasteiger partial charge on any atom is 0.266 e. The van der Waals surface area contributed by atoms with E-state index in [0.29, 0.717) is 51.1 Å². The summed E-state index contributed by atoms with van der Waals surface area (Å²) in [5.74, 6) is 0.156. The van der Waals surface area contributed by atoms with Gasteiger partial charge in [0.25, 0.3) is 5.56 Å². The maximum absolute atomic E-state index is 15.5. The van der Waals surface area contributed by atoms with Gasteiger partial charge in [-0.05, 0) is 73.1 Å². The van der Waals surface area contributed by atoms with Gasteiger partial charge < -0.3 is 19.5 Å². The summed E-state index contributed by atoms with van der Waals surface area (Å²) < 4.78 is 47.5. The number of hydrogen-bond acceptors (Lipinski definition) is 9. The predicted molar refractivity (Wildman–Crippen MR) is 199 cm³/mol. The molecule has 0 aliphatic heterocycles. The van der Waals surface area contributed by atoms with Crippen molar-refractivity contribution >= 4 is 33.2 Å². The molecule has 0 radical (unpaired) electrons. The molecule has 268 valence electrons. The molecule has 51 heavy (non-hydrogen) atoms. The van der Waals surface area contributed by atoms with Crippen LogP contribution in [0.2, 0.25) is 0 Å². The predicted octanol–water partition coefficient (Wildman–Crippen LogP) is 9.05. The molecule has 0 saturated heterocycles. The Morgan fingerprint density at radius 3 is 2.14 bits per heavy atom. The molecule has 1 N–H and O–H groups in total. The molecule has 0 bridgehead atoms. The second-order valence-electron chi connectivity index (χ2n) is 10.6. The van der Waals surface area contributed by atoms with Crippen LogP contribution >= 0.6 is 0 Å². The number of benzene rings is 3. The van der Waals surface area contributed by atoms with Crippen LogP contribution < -0.4 is 25.1 Å². The Morgan fingerprint density at radius 1 is 0.804 bits per heavy atom. The second kappa shape index (κ2) is 17.9. The molecule has 0 aliphatic carbocycles. The molecular weight excluding hydrogens is 654 g/mol. The van der Waals surface area contributed by atoms with Crippen LogP contribution in [-0.2, 0) is 6.54 Å². The van der Waals surface area contributed by atoms with E-state index in [2.05, 4.69) is 39.0 Å². The van der Waals surface area contributed by atoms with Crippen LogP contribution in [0.15, 0.2) is 84.0 Å². The molecule has 3 aromatic heterocycles. The molecule has 3 aromatic carbocycles. The Labute approximate surface area is 296 Å². The Morgan fingerprint density at radius 2 is 1.49 bits per heavy atom. The number of aromatic nitrogens is 4. The van der Waals surface area contributed by atoms with Gasteiger partial charge in [-0.15, -0.1) is 0 Å². The van der Waals surface area contributed by atoms with Crippen molar-refractivity contribution in [3.8, 4) is 28.8 Å².